The van der Waals surface area contributed by atoms with Gasteiger partial charge in [-0.05, 0) is 25.0 Å². The predicted molar refractivity (Wildman–Crippen MR) is 84.1 cm³/mol. The Hall–Kier alpha value is -1.37. The number of thioether (sulfide) groups is 1. The van der Waals surface area contributed by atoms with Gasteiger partial charge in [-0.25, -0.2) is 0 Å². The van der Waals surface area contributed by atoms with Gasteiger partial charge in [0.1, 0.15) is 0 Å². The first-order chi connectivity index (χ1) is 10.7. The minimum absolute atomic E-state index is 0.0465. The number of aliphatic hydroxyl groups excluding tert-OH is 1. The molecule has 6 heteroatoms. The number of ether oxygens (including phenoxy) is 1. The lowest BCUT2D eigenvalue weighted by atomic mass is 10.1. The van der Waals surface area contributed by atoms with Gasteiger partial charge in [0.15, 0.2) is 0 Å². The van der Waals surface area contributed by atoms with Gasteiger partial charge in [-0.3, -0.25) is 14.5 Å². The SMILES string of the molecule is O=C1c2ccccc2C(=O)N1C[C@@H](O)CSC[C@H]1CCCO1. The normalized spacial score (nSPS) is 22.2. The number of carbonyl (C=O) groups excluding carboxylic acids is 2. The molecule has 5 nitrogen and oxygen atoms in total. The molecular formula is C16H19NO4S. The maximum Gasteiger partial charge on any atom is 0.261 e. The first kappa shape index (κ1) is 15.5. The Morgan fingerprint density at radius 2 is 1.95 bits per heavy atom. The summed E-state index contributed by atoms with van der Waals surface area (Å²) in [6.45, 7) is 0.869. The molecule has 1 aromatic carbocycles. The molecule has 2 aliphatic rings. The van der Waals surface area contributed by atoms with Gasteiger partial charge in [-0.2, -0.15) is 11.8 Å². The average Bonchev–Trinajstić information content (AvgIpc) is 3.11. The molecule has 2 aliphatic heterocycles. The van der Waals surface area contributed by atoms with E-state index in [4.69, 9.17) is 4.74 Å². The number of fused-ring (bicyclic) bond motifs is 1. The number of amides is 2. The molecule has 0 bridgehead atoms. The minimum Gasteiger partial charge on any atom is -0.390 e. The molecular weight excluding hydrogens is 302 g/mol. The highest BCUT2D eigenvalue weighted by Gasteiger charge is 2.36. The summed E-state index contributed by atoms with van der Waals surface area (Å²) in [6, 6.07) is 6.77. The third-order valence-corrected chi connectivity index (χ3v) is 5.14. The van der Waals surface area contributed by atoms with E-state index in [0.29, 0.717) is 16.9 Å². The van der Waals surface area contributed by atoms with Crippen molar-refractivity contribution >= 4 is 23.6 Å². The zero-order valence-electron chi connectivity index (χ0n) is 12.2. The molecule has 2 amide bonds. The average molecular weight is 321 g/mol. The molecule has 3 rings (SSSR count). The van der Waals surface area contributed by atoms with Crippen LogP contribution in [0.5, 0.6) is 0 Å². The summed E-state index contributed by atoms with van der Waals surface area (Å²) in [4.78, 5) is 25.5. The van der Waals surface area contributed by atoms with E-state index in [1.807, 2.05) is 0 Å². The van der Waals surface area contributed by atoms with Crippen LogP contribution < -0.4 is 0 Å². The molecule has 0 aliphatic carbocycles. The van der Waals surface area contributed by atoms with Crippen molar-refractivity contribution in [3.05, 3.63) is 35.4 Å². The Morgan fingerprint density at radius 1 is 1.27 bits per heavy atom. The van der Waals surface area contributed by atoms with Crippen molar-refractivity contribution in [1.29, 1.82) is 0 Å². The van der Waals surface area contributed by atoms with Crippen LogP contribution in [0.25, 0.3) is 0 Å². The van der Waals surface area contributed by atoms with Gasteiger partial charge < -0.3 is 9.84 Å². The number of imide groups is 1. The van der Waals surface area contributed by atoms with Crippen LogP contribution in [0.15, 0.2) is 24.3 Å². The second kappa shape index (κ2) is 6.81. The fourth-order valence-electron chi connectivity index (χ4n) is 2.78. The lowest BCUT2D eigenvalue weighted by Crippen LogP contribution is -2.38. The topological polar surface area (TPSA) is 66.8 Å². The van der Waals surface area contributed by atoms with Crippen LogP contribution in [-0.4, -0.2) is 58.7 Å². The number of carbonyl (C=O) groups is 2. The van der Waals surface area contributed by atoms with E-state index in [1.54, 1.807) is 36.0 Å². The molecule has 2 atom stereocenters. The van der Waals surface area contributed by atoms with Crippen LogP contribution in [-0.2, 0) is 4.74 Å². The van der Waals surface area contributed by atoms with Crippen LogP contribution in [0, 0.1) is 0 Å². The highest BCUT2D eigenvalue weighted by molar-refractivity contribution is 7.99. The number of hydrogen-bond donors (Lipinski definition) is 1. The zero-order valence-corrected chi connectivity index (χ0v) is 13.1. The molecule has 2 heterocycles. The molecule has 1 aromatic rings. The maximum atomic E-state index is 12.2. The molecule has 118 valence electrons. The summed E-state index contributed by atoms with van der Waals surface area (Å²) in [5.41, 5.74) is 0.846. The number of aliphatic hydroxyl groups is 1. The van der Waals surface area contributed by atoms with Crippen molar-refractivity contribution in [3.63, 3.8) is 0 Å². The standard InChI is InChI=1S/C16H19NO4S/c18-11(9-22-10-12-4-3-7-21-12)8-17-15(19)13-5-1-2-6-14(13)16(17)20/h1-2,5-6,11-12,18H,3-4,7-10H2/t11-,12-/m1/s1. The van der Waals surface area contributed by atoms with Crippen molar-refractivity contribution in [2.75, 3.05) is 24.7 Å². The Kier molecular flexibility index (Phi) is 4.81. The lowest BCUT2D eigenvalue weighted by Gasteiger charge is -2.18. The predicted octanol–water partition coefficient (Wildman–Crippen LogP) is 1.56. The summed E-state index contributed by atoms with van der Waals surface area (Å²) in [7, 11) is 0. The smallest absolute Gasteiger partial charge is 0.261 e. The number of nitrogens with zero attached hydrogens (tertiary/aromatic N) is 1. The summed E-state index contributed by atoms with van der Waals surface area (Å²) < 4.78 is 5.52. The Bertz CT molecular complexity index is 536. The van der Waals surface area contributed by atoms with Gasteiger partial charge >= 0.3 is 0 Å². The molecule has 0 spiro atoms. The first-order valence-corrected chi connectivity index (χ1v) is 8.65. The van der Waals surface area contributed by atoms with E-state index in [0.717, 1.165) is 30.1 Å². The number of β-amino-alcohol motifs (C(OH)–C–C–N with tert-alkyl or cyclic N) is 1. The highest BCUT2D eigenvalue weighted by atomic mass is 32.2. The summed E-state index contributed by atoms with van der Waals surface area (Å²) >= 11 is 1.60. The third kappa shape index (κ3) is 3.19. The molecule has 1 N–H and O–H groups in total. The van der Waals surface area contributed by atoms with Crippen molar-refractivity contribution in [3.8, 4) is 0 Å². The molecule has 22 heavy (non-hydrogen) atoms. The van der Waals surface area contributed by atoms with Crippen LogP contribution in [0.4, 0.5) is 0 Å². The van der Waals surface area contributed by atoms with Crippen molar-refractivity contribution in [1.82, 2.24) is 4.90 Å². The van der Waals surface area contributed by atoms with Gasteiger partial charge in [0.2, 0.25) is 0 Å². The largest absolute Gasteiger partial charge is 0.390 e. The van der Waals surface area contributed by atoms with E-state index in [1.165, 1.54) is 0 Å². The fraction of sp³-hybridized carbons (Fsp3) is 0.500. The Labute approximate surface area is 133 Å². The number of benzene rings is 1. The van der Waals surface area contributed by atoms with Gasteiger partial charge in [0.05, 0.1) is 29.9 Å². The third-order valence-electron chi connectivity index (χ3n) is 3.91. The number of hydrogen-bond acceptors (Lipinski definition) is 5. The monoisotopic (exact) mass is 321 g/mol. The van der Waals surface area contributed by atoms with Crippen molar-refractivity contribution in [2.45, 2.75) is 25.0 Å². The van der Waals surface area contributed by atoms with E-state index in [2.05, 4.69) is 0 Å². The van der Waals surface area contributed by atoms with Crippen LogP contribution in [0.1, 0.15) is 33.6 Å². The van der Waals surface area contributed by atoms with Crippen LogP contribution >= 0.6 is 11.8 Å². The zero-order chi connectivity index (χ0) is 15.5. The Balaban J connectivity index is 1.50. The second-order valence-electron chi connectivity index (χ2n) is 5.59. The molecule has 1 fully saturated rings. The summed E-state index contributed by atoms with van der Waals surface area (Å²) in [6.07, 6.45) is 1.73. The highest BCUT2D eigenvalue weighted by Crippen LogP contribution is 2.23. The van der Waals surface area contributed by atoms with E-state index in [-0.39, 0.29) is 24.5 Å². The second-order valence-corrected chi connectivity index (χ2v) is 6.67. The quantitative estimate of drug-likeness (QED) is 0.805. The molecule has 1 saturated heterocycles. The molecule has 0 saturated carbocycles. The summed E-state index contributed by atoms with van der Waals surface area (Å²) in [5.74, 6) is 0.708. The van der Waals surface area contributed by atoms with Gasteiger partial charge in [0, 0.05) is 18.1 Å². The molecule has 0 aromatic heterocycles. The molecule has 0 unspecified atom stereocenters. The van der Waals surface area contributed by atoms with E-state index < -0.39 is 6.10 Å². The van der Waals surface area contributed by atoms with Crippen LogP contribution in [0.2, 0.25) is 0 Å². The van der Waals surface area contributed by atoms with Gasteiger partial charge in [0.25, 0.3) is 11.8 Å². The maximum absolute atomic E-state index is 12.2. The minimum atomic E-state index is -0.714. The van der Waals surface area contributed by atoms with Gasteiger partial charge in [-0.15, -0.1) is 0 Å². The fourth-order valence-corrected chi connectivity index (χ4v) is 3.82. The molecule has 0 radical (unpaired) electrons. The van der Waals surface area contributed by atoms with Crippen molar-refractivity contribution in [2.24, 2.45) is 0 Å². The van der Waals surface area contributed by atoms with E-state index >= 15 is 0 Å². The Morgan fingerprint density at radius 3 is 2.55 bits per heavy atom. The summed E-state index contributed by atoms with van der Waals surface area (Å²) in [5, 5.41) is 10.1. The lowest BCUT2D eigenvalue weighted by molar-refractivity contribution is 0.0567. The van der Waals surface area contributed by atoms with Crippen LogP contribution in [0.3, 0.4) is 0 Å². The van der Waals surface area contributed by atoms with E-state index in [9.17, 15) is 14.7 Å². The number of rotatable bonds is 6. The van der Waals surface area contributed by atoms with Gasteiger partial charge in [-0.1, -0.05) is 12.1 Å². The van der Waals surface area contributed by atoms with Crippen molar-refractivity contribution < 1.29 is 19.4 Å². The first-order valence-electron chi connectivity index (χ1n) is 7.49.